The average Bonchev–Trinajstić information content (AvgIpc) is 3.11. The molecule has 1 fully saturated rings. The maximum absolute atomic E-state index is 13.1. The van der Waals surface area contributed by atoms with E-state index in [1.165, 1.54) is 12.8 Å². The fraction of sp³-hybridized carbons (Fsp3) is 0.619. The number of benzene rings is 1. The molecule has 0 amide bonds. The van der Waals surface area contributed by atoms with Crippen molar-refractivity contribution in [1.29, 1.82) is 0 Å². The van der Waals surface area contributed by atoms with Crippen molar-refractivity contribution in [3.8, 4) is 0 Å². The van der Waals surface area contributed by atoms with Crippen molar-refractivity contribution in [2.45, 2.75) is 77.0 Å². The third kappa shape index (κ3) is 4.08. The van der Waals surface area contributed by atoms with E-state index < -0.39 is 11.4 Å². The molecule has 1 aliphatic carbocycles. The van der Waals surface area contributed by atoms with Crippen LogP contribution >= 0.6 is 0 Å². The van der Waals surface area contributed by atoms with Crippen LogP contribution in [-0.4, -0.2) is 18.9 Å². The molecule has 148 valence electrons. The van der Waals surface area contributed by atoms with Crippen LogP contribution in [-0.2, 0) is 18.4 Å². The lowest BCUT2D eigenvalue weighted by Crippen LogP contribution is -2.40. The molecule has 2 atom stereocenters. The molecule has 1 aromatic carbocycles. The van der Waals surface area contributed by atoms with Crippen LogP contribution in [0.15, 0.2) is 16.9 Å². The third-order valence-corrected chi connectivity index (χ3v) is 7.10. The van der Waals surface area contributed by atoms with Gasteiger partial charge in [0, 0.05) is 29.9 Å². The van der Waals surface area contributed by atoms with E-state index in [4.69, 9.17) is 4.98 Å². The Hall–Kier alpha value is -1.37. The van der Waals surface area contributed by atoms with Crippen molar-refractivity contribution in [1.82, 2.24) is 14.3 Å². The summed E-state index contributed by atoms with van der Waals surface area (Å²) in [6.45, 7) is 9.82. The van der Waals surface area contributed by atoms with Crippen molar-refractivity contribution < 1.29 is 4.55 Å². The molecule has 3 rings (SSSR count). The molecule has 1 N–H and O–H groups in total. The largest absolute Gasteiger partial charge is 0.598 e. The van der Waals surface area contributed by atoms with Gasteiger partial charge in [0.2, 0.25) is 0 Å². The Morgan fingerprint density at radius 1 is 1.30 bits per heavy atom. The fourth-order valence-electron chi connectivity index (χ4n) is 3.85. The molecule has 6 heteroatoms. The summed E-state index contributed by atoms with van der Waals surface area (Å²) < 4.78 is 17.2. The van der Waals surface area contributed by atoms with Crippen LogP contribution in [0.4, 0.5) is 0 Å². The van der Waals surface area contributed by atoms with Gasteiger partial charge in [0.1, 0.15) is 10.6 Å². The quantitative estimate of drug-likeness (QED) is 0.802. The normalized spacial score (nSPS) is 18.2. The molecule has 2 aromatic rings. The van der Waals surface area contributed by atoms with E-state index >= 15 is 0 Å². The van der Waals surface area contributed by atoms with Crippen LogP contribution in [0.5, 0.6) is 0 Å². The van der Waals surface area contributed by atoms with Gasteiger partial charge in [-0.05, 0) is 59.1 Å². The van der Waals surface area contributed by atoms with Crippen LogP contribution in [0.3, 0.4) is 0 Å². The second-order valence-electron chi connectivity index (χ2n) is 8.79. The van der Waals surface area contributed by atoms with E-state index in [-0.39, 0.29) is 16.3 Å². The van der Waals surface area contributed by atoms with E-state index in [1.807, 2.05) is 47.7 Å². The lowest BCUT2D eigenvalue weighted by molar-refractivity contribution is 0.531. The van der Waals surface area contributed by atoms with Gasteiger partial charge in [0.05, 0.1) is 16.9 Å². The van der Waals surface area contributed by atoms with Gasteiger partial charge in [-0.1, -0.05) is 18.9 Å². The Bertz CT molecular complexity index is 895. The van der Waals surface area contributed by atoms with Gasteiger partial charge in [-0.3, -0.25) is 9.36 Å². The minimum Gasteiger partial charge on any atom is -0.598 e. The highest BCUT2D eigenvalue weighted by Gasteiger charge is 2.30. The summed E-state index contributed by atoms with van der Waals surface area (Å²) in [5, 5.41) is 0.643. The van der Waals surface area contributed by atoms with Gasteiger partial charge in [0.25, 0.3) is 5.56 Å². The van der Waals surface area contributed by atoms with Gasteiger partial charge in [-0.2, -0.15) is 0 Å². The van der Waals surface area contributed by atoms with Crippen molar-refractivity contribution >= 4 is 22.3 Å². The molecule has 1 aliphatic rings. The number of rotatable bonds is 4. The van der Waals surface area contributed by atoms with Crippen LogP contribution in [0.2, 0.25) is 0 Å². The topological polar surface area (TPSA) is 70.0 Å². The number of aryl methyl sites for hydroxylation is 1. The van der Waals surface area contributed by atoms with Crippen LogP contribution < -0.4 is 10.3 Å². The lowest BCUT2D eigenvalue weighted by Gasteiger charge is -2.27. The smallest absolute Gasteiger partial charge is 0.261 e. The SMILES string of the molecule is Cc1cc([C@@H](C)N[S+]([O-])C(C)(C)C)c2nc(C3CCCC3)n(C)c(=O)c2c1. The number of nitrogens with one attached hydrogen (secondary N) is 1. The molecule has 0 spiro atoms. The van der Waals surface area contributed by atoms with E-state index in [9.17, 15) is 9.35 Å². The second-order valence-corrected chi connectivity index (χ2v) is 10.8. The van der Waals surface area contributed by atoms with Crippen LogP contribution in [0.25, 0.3) is 10.9 Å². The maximum atomic E-state index is 13.1. The average molecular weight is 390 g/mol. The van der Waals surface area contributed by atoms with Crippen LogP contribution in [0.1, 0.15) is 82.3 Å². The van der Waals surface area contributed by atoms with Gasteiger partial charge < -0.3 is 4.55 Å². The molecule has 5 nitrogen and oxygen atoms in total. The highest BCUT2D eigenvalue weighted by atomic mass is 32.2. The van der Waals surface area contributed by atoms with Gasteiger partial charge in [-0.15, -0.1) is 4.72 Å². The van der Waals surface area contributed by atoms with Crippen molar-refractivity contribution in [2.75, 3.05) is 0 Å². The molecule has 0 bridgehead atoms. The zero-order valence-corrected chi connectivity index (χ0v) is 18.1. The highest BCUT2D eigenvalue weighted by Crippen LogP contribution is 2.34. The summed E-state index contributed by atoms with van der Waals surface area (Å²) in [7, 11) is 1.83. The van der Waals surface area contributed by atoms with Gasteiger partial charge in [-0.25, -0.2) is 4.98 Å². The first kappa shape index (κ1) is 20.4. The predicted molar refractivity (Wildman–Crippen MR) is 112 cm³/mol. The zero-order valence-electron chi connectivity index (χ0n) is 17.3. The predicted octanol–water partition coefficient (Wildman–Crippen LogP) is 4.01. The number of fused-ring (bicyclic) bond motifs is 1. The standard InChI is InChI=1S/C21H31N3O2S/c1-13-11-16(14(2)23-27(26)21(3,4)5)18-17(12-13)20(25)24(6)19(22-18)15-9-7-8-10-15/h11-12,14-15,23H,7-10H2,1-6H3/t14-,27?/m1/s1. The summed E-state index contributed by atoms with van der Waals surface area (Å²) in [5.41, 5.74) is 2.72. The van der Waals surface area contributed by atoms with Crippen molar-refractivity contribution in [3.63, 3.8) is 0 Å². The first-order valence-corrected chi connectivity index (χ1v) is 10.9. The molecule has 0 saturated heterocycles. The molecule has 1 saturated carbocycles. The Labute approximate surface area is 164 Å². The number of aromatic nitrogens is 2. The summed E-state index contributed by atoms with van der Waals surface area (Å²) in [4.78, 5) is 18.0. The van der Waals surface area contributed by atoms with Gasteiger partial charge >= 0.3 is 0 Å². The Morgan fingerprint density at radius 3 is 2.52 bits per heavy atom. The summed E-state index contributed by atoms with van der Waals surface area (Å²) in [6.07, 6.45) is 4.58. The van der Waals surface area contributed by atoms with Crippen molar-refractivity contribution in [2.24, 2.45) is 7.05 Å². The maximum Gasteiger partial charge on any atom is 0.261 e. The van der Waals surface area contributed by atoms with E-state index in [1.54, 1.807) is 4.57 Å². The first-order chi connectivity index (χ1) is 12.6. The molecule has 0 radical (unpaired) electrons. The molecule has 1 unspecified atom stereocenters. The Balaban J connectivity index is 2.13. The van der Waals surface area contributed by atoms with Crippen LogP contribution in [0, 0.1) is 6.92 Å². The molecule has 0 aliphatic heterocycles. The third-order valence-electron chi connectivity index (χ3n) is 5.42. The summed E-state index contributed by atoms with van der Waals surface area (Å²) in [6, 6.07) is 3.81. The van der Waals surface area contributed by atoms with E-state index in [0.717, 1.165) is 35.3 Å². The zero-order chi connectivity index (χ0) is 19.9. The number of hydrogen-bond donors (Lipinski definition) is 1. The Kier molecular flexibility index (Phi) is 5.71. The molecule has 27 heavy (non-hydrogen) atoms. The number of nitrogens with zero attached hydrogens (tertiary/aromatic N) is 2. The fourth-order valence-corrected chi connectivity index (χ4v) is 4.65. The van der Waals surface area contributed by atoms with E-state index in [2.05, 4.69) is 10.8 Å². The highest BCUT2D eigenvalue weighted by molar-refractivity contribution is 7.90. The summed E-state index contributed by atoms with van der Waals surface area (Å²) in [5.74, 6) is 1.24. The second kappa shape index (κ2) is 7.57. The molecular formula is C21H31N3O2S. The van der Waals surface area contributed by atoms with E-state index in [0.29, 0.717) is 11.3 Å². The van der Waals surface area contributed by atoms with Gasteiger partial charge in [0.15, 0.2) is 0 Å². The number of hydrogen-bond acceptors (Lipinski definition) is 4. The minimum atomic E-state index is -1.20. The lowest BCUT2D eigenvalue weighted by atomic mass is 10.0. The first-order valence-electron chi connectivity index (χ1n) is 9.79. The van der Waals surface area contributed by atoms with Crippen molar-refractivity contribution in [3.05, 3.63) is 39.4 Å². The molecular weight excluding hydrogens is 358 g/mol. The summed E-state index contributed by atoms with van der Waals surface area (Å²) >= 11 is -1.20. The molecule has 1 heterocycles. The minimum absolute atomic E-state index is 0.0102. The monoisotopic (exact) mass is 389 g/mol. The Morgan fingerprint density at radius 2 is 1.93 bits per heavy atom. The molecule has 1 aromatic heterocycles.